The van der Waals surface area contributed by atoms with Gasteiger partial charge in [0.1, 0.15) is 0 Å². The Bertz CT molecular complexity index is 15.5. The molecule has 0 atom stereocenters. The van der Waals surface area contributed by atoms with Crippen LogP contribution in [0.3, 0.4) is 0 Å². The van der Waals surface area contributed by atoms with Crippen molar-refractivity contribution in [2.24, 2.45) is 0 Å². The van der Waals surface area contributed by atoms with E-state index in [9.17, 15) is 0 Å². The summed E-state index contributed by atoms with van der Waals surface area (Å²) in [5.74, 6) is 0. The van der Waals surface area contributed by atoms with E-state index in [4.69, 9.17) is 4.21 Å². The molecule has 0 aromatic carbocycles. The van der Waals surface area contributed by atoms with Crippen molar-refractivity contribution in [2.75, 3.05) is 6.26 Å². The summed E-state index contributed by atoms with van der Waals surface area (Å²) >= 11 is 0.167. The van der Waals surface area contributed by atoms with Crippen molar-refractivity contribution in [1.29, 1.82) is 0 Å². The van der Waals surface area contributed by atoms with Crippen LogP contribution in [0.2, 0.25) is 0 Å². The van der Waals surface area contributed by atoms with Crippen LogP contribution in [-0.2, 0) is 11.7 Å². The molecule has 0 rings (SSSR count). The first-order valence-electron chi connectivity index (χ1n) is 0.630. The van der Waals surface area contributed by atoms with Crippen molar-refractivity contribution in [3.8, 4) is 0 Å². The van der Waals surface area contributed by atoms with Crippen molar-refractivity contribution in [3.63, 3.8) is 0 Å². The van der Waals surface area contributed by atoms with E-state index in [1.807, 2.05) is 0 Å². The van der Waals surface area contributed by atoms with Crippen molar-refractivity contribution in [2.45, 2.75) is 0 Å². The third-order valence-corrected chi connectivity index (χ3v) is 0. The SMILES string of the molecule is C[SH]=O.[PbH2]. The molecule has 0 heterocycles. The predicted octanol–water partition coefficient (Wildman–Crippen LogP) is -1.35. The maximum absolute atomic E-state index is 8.90. The molecule has 0 fully saturated rings. The topological polar surface area (TPSA) is 17.1 Å². The summed E-state index contributed by atoms with van der Waals surface area (Å²) in [4.78, 5) is 0. The van der Waals surface area contributed by atoms with Crippen LogP contribution in [0.25, 0.3) is 0 Å². The first kappa shape index (κ1) is 8.91. The molecule has 0 N–H and O–H groups in total. The van der Waals surface area contributed by atoms with Crippen LogP contribution in [-0.4, -0.2) is 37.8 Å². The average molecular weight is 273 g/mol. The molecular weight excluding hydrogens is 267 g/mol. The molecule has 0 amide bonds. The third-order valence-electron chi connectivity index (χ3n) is 0. The monoisotopic (exact) mass is 274 g/mol. The van der Waals surface area contributed by atoms with Gasteiger partial charge in [0.05, 0.1) is 0 Å². The fraction of sp³-hybridized carbons (Fsp3) is 1.00. The van der Waals surface area contributed by atoms with E-state index in [1.54, 1.807) is 6.26 Å². The molecule has 0 bridgehead atoms. The standard InChI is InChI=1S/CH4OS.Pb.2H/c1-3-2;;;/h3H,1H3;;;. The van der Waals surface area contributed by atoms with E-state index in [0.29, 0.717) is 0 Å². The second-order valence-electron chi connectivity index (χ2n) is 0.183. The normalized spacial score (nSPS) is 4.25. The van der Waals surface area contributed by atoms with Gasteiger partial charge in [0, 0.05) is 17.9 Å². The van der Waals surface area contributed by atoms with E-state index in [0.717, 1.165) is 0 Å². The van der Waals surface area contributed by atoms with E-state index in [2.05, 4.69) is 0 Å². The quantitative estimate of drug-likeness (QED) is 0.426. The van der Waals surface area contributed by atoms with Crippen LogP contribution >= 0.6 is 0 Å². The van der Waals surface area contributed by atoms with Crippen LogP contribution in [0.15, 0.2) is 0 Å². The molecule has 0 aliphatic carbocycles. The van der Waals surface area contributed by atoms with Gasteiger partial charge < -0.3 is 0 Å². The van der Waals surface area contributed by atoms with Crippen molar-refractivity contribution >= 4 is 39.0 Å². The Kier molecular flexibility index (Phi) is 19.9. The molecule has 0 saturated carbocycles. The fourth-order valence-electron chi connectivity index (χ4n) is 0. The van der Waals surface area contributed by atoms with Gasteiger partial charge in [0.2, 0.25) is 0 Å². The third kappa shape index (κ3) is 11.5. The number of hydrogen-bond donors (Lipinski definition) is 1. The summed E-state index contributed by atoms with van der Waals surface area (Å²) in [6.45, 7) is 0. The van der Waals surface area contributed by atoms with Gasteiger partial charge >= 0.3 is 27.3 Å². The number of rotatable bonds is 0. The summed E-state index contributed by atoms with van der Waals surface area (Å²) in [5.41, 5.74) is 0. The Hall–Kier alpha value is 1.07. The first-order chi connectivity index (χ1) is 1.41. The summed E-state index contributed by atoms with van der Waals surface area (Å²) in [7, 11) is 0. The van der Waals surface area contributed by atoms with Crippen molar-refractivity contribution < 1.29 is 4.21 Å². The minimum atomic E-state index is 0. The molecule has 0 aromatic heterocycles. The van der Waals surface area contributed by atoms with Gasteiger partial charge in [-0.2, -0.15) is 0 Å². The number of thiol groups is 1. The molecule has 0 aliphatic heterocycles. The van der Waals surface area contributed by atoms with E-state index in [1.165, 1.54) is 0 Å². The molecule has 0 spiro atoms. The molecule has 3 heteroatoms. The van der Waals surface area contributed by atoms with Crippen molar-refractivity contribution in [3.05, 3.63) is 0 Å². The summed E-state index contributed by atoms with van der Waals surface area (Å²) in [6.07, 6.45) is 1.54. The Morgan fingerprint density at radius 3 is 1.75 bits per heavy atom. The first-order valence-corrected chi connectivity index (χ1v) is 1.89. The zero-order chi connectivity index (χ0) is 2.71. The van der Waals surface area contributed by atoms with Crippen LogP contribution in [0.4, 0.5) is 0 Å². The molecule has 0 saturated heterocycles. The Morgan fingerprint density at radius 2 is 1.75 bits per heavy atom. The van der Waals surface area contributed by atoms with Gasteiger partial charge in [-0.1, -0.05) is 0 Å². The zero-order valence-electron chi connectivity index (χ0n) is 2.56. The van der Waals surface area contributed by atoms with Crippen LogP contribution in [0.1, 0.15) is 0 Å². The Labute approximate surface area is 49.4 Å². The predicted molar refractivity (Wildman–Crippen MR) is 24.0 cm³/mol. The van der Waals surface area contributed by atoms with E-state index >= 15 is 0 Å². The van der Waals surface area contributed by atoms with Crippen LogP contribution in [0.5, 0.6) is 0 Å². The number of hydrogen-bond acceptors (Lipinski definition) is 1. The van der Waals surface area contributed by atoms with Gasteiger partial charge in [-0.15, -0.1) is 0 Å². The van der Waals surface area contributed by atoms with Gasteiger partial charge in [-0.3, -0.25) is 4.21 Å². The van der Waals surface area contributed by atoms with Gasteiger partial charge in [-0.05, 0) is 0 Å². The fourth-order valence-corrected chi connectivity index (χ4v) is 0. The van der Waals surface area contributed by atoms with Gasteiger partial charge in [-0.25, -0.2) is 0 Å². The van der Waals surface area contributed by atoms with Gasteiger partial charge in [0.25, 0.3) is 0 Å². The second kappa shape index (κ2) is 8.95. The summed E-state index contributed by atoms with van der Waals surface area (Å²) in [6, 6.07) is 0. The van der Waals surface area contributed by atoms with E-state index < -0.39 is 0 Å². The Balaban J connectivity index is 0. The molecule has 0 aromatic rings. The second-order valence-corrected chi connectivity index (χ2v) is 0.548. The zero-order valence-corrected chi connectivity index (χ0v) is 8.95. The molecule has 2 radical (unpaired) electrons. The van der Waals surface area contributed by atoms with Crippen molar-refractivity contribution in [1.82, 2.24) is 0 Å². The molecule has 1 nitrogen and oxygen atoms in total. The minimum absolute atomic E-state index is 0. The Morgan fingerprint density at radius 1 is 1.75 bits per heavy atom. The molecule has 26 valence electrons. The average Bonchev–Trinajstić information content (AvgIpc) is 0.918. The molecular formula is CH6OPbS. The summed E-state index contributed by atoms with van der Waals surface area (Å²) < 4.78 is 8.90. The van der Waals surface area contributed by atoms with E-state index in [-0.39, 0.29) is 39.0 Å². The van der Waals surface area contributed by atoms with Crippen LogP contribution in [0, 0.1) is 0 Å². The summed E-state index contributed by atoms with van der Waals surface area (Å²) in [5, 5.41) is 0. The molecule has 0 unspecified atom stereocenters. The van der Waals surface area contributed by atoms with Gasteiger partial charge in [0.15, 0.2) is 0 Å². The van der Waals surface area contributed by atoms with Crippen LogP contribution < -0.4 is 0 Å². The molecule has 0 aliphatic rings. The molecule has 4 heavy (non-hydrogen) atoms. The maximum atomic E-state index is 8.90.